The topological polar surface area (TPSA) is 12.0 Å². The van der Waals surface area contributed by atoms with Gasteiger partial charge in [0.15, 0.2) is 0 Å². The van der Waals surface area contributed by atoms with Crippen molar-refractivity contribution in [3.63, 3.8) is 0 Å². The molecule has 0 aliphatic carbocycles. The van der Waals surface area contributed by atoms with Gasteiger partial charge >= 0.3 is 0 Å². The summed E-state index contributed by atoms with van der Waals surface area (Å²) >= 11 is 0. The average Bonchev–Trinajstić information content (AvgIpc) is 2.31. The van der Waals surface area contributed by atoms with E-state index >= 15 is 0 Å². The number of rotatable bonds is 5. The summed E-state index contributed by atoms with van der Waals surface area (Å²) in [5.41, 5.74) is 4.04. The molecule has 0 radical (unpaired) electrons. The molecule has 0 fully saturated rings. The van der Waals surface area contributed by atoms with Crippen LogP contribution in [-0.4, -0.2) is 13.1 Å². The zero-order valence-corrected chi connectivity index (χ0v) is 10.1. The van der Waals surface area contributed by atoms with Crippen LogP contribution in [0.4, 0.5) is 0 Å². The Morgan fingerprint density at radius 3 is 2.81 bits per heavy atom. The summed E-state index contributed by atoms with van der Waals surface area (Å²) in [6, 6.07) is 8.48. The van der Waals surface area contributed by atoms with Crippen LogP contribution >= 0.6 is 0 Å². The van der Waals surface area contributed by atoms with Gasteiger partial charge < -0.3 is 5.32 Å². The van der Waals surface area contributed by atoms with E-state index < -0.39 is 0 Å². The first-order chi connectivity index (χ1) is 7.79. The van der Waals surface area contributed by atoms with E-state index in [0.29, 0.717) is 6.54 Å². The Bertz CT molecular complexity index is 396. The van der Waals surface area contributed by atoms with Gasteiger partial charge in [-0.3, -0.25) is 0 Å². The highest BCUT2D eigenvalue weighted by molar-refractivity contribution is 5.67. The van der Waals surface area contributed by atoms with Crippen molar-refractivity contribution in [3.05, 3.63) is 41.5 Å². The third-order valence-corrected chi connectivity index (χ3v) is 2.64. The highest BCUT2D eigenvalue weighted by Gasteiger charge is 2.02. The molecule has 0 aliphatic heterocycles. The second-order valence-electron chi connectivity index (χ2n) is 3.76. The van der Waals surface area contributed by atoms with Crippen molar-refractivity contribution in [3.8, 4) is 12.3 Å². The molecule has 0 atom stereocenters. The largest absolute Gasteiger partial charge is 0.306 e. The number of nitrogens with one attached hydrogen (secondary N) is 1. The maximum Gasteiger partial charge on any atom is 0.0573 e. The standard InChI is InChI=1S/C15H19N/c1-4-11-16-12-10-14(5-2)15-9-7-6-8-13(15)3/h1,5-9,16H,10-12H2,2-3H3/b14-5-. The fraction of sp³-hybridized carbons (Fsp3) is 0.333. The summed E-state index contributed by atoms with van der Waals surface area (Å²) in [5.74, 6) is 2.58. The molecule has 1 heteroatoms. The molecule has 1 aromatic carbocycles. The van der Waals surface area contributed by atoms with Gasteiger partial charge in [0, 0.05) is 6.54 Å². The third-order valence-electron chi connectivity index (χ3n) is 2.64. The van der Waals surface area contributed by atoms with Gasteiger partial charge in [-0.25, -0.2) is 0 Å². The number of hydrogen-bond acceptors (Lipinski definition) is 1. The van der Waals surface area contributed by atoms with Gasteiger partial charge in [0.2, 0.25) is 0 Å². The van der Waals surface area contributed by atoms with Crippen molar-refractivity contribution in [2.45, 2.75) is 20.3 Å². The molecule has 84 valence electrons. The molecule has 0 aliphatic rings. The molecule has 16 heavy (non-hydrogen) atoms. The first-order valence-electron chi connectivity index (χ1n) is 5.65. The summed E-state index contributed by atoms with van der Waals surface area (Å²) in [6.07, 6.45) is 8.38. The molecule has 1 aromatic rings. The molecule has 0 saturated carbocycles. The van der Waals surface area contributed by atoms with E-state index in [0.717, 1.165) is 13.0 Å². The van der Waals surface area contributed by atoms with Crippen LogP contribution in [0.3, 0.4) is 0 Å². The number of allylic oxidation sites excluding steroid dienone is 1. The van der Waals surface area contributed by atoms with E-state index in [4.69, 9.17) is 6.42 Å². The minimum atomic E-state index is 0.644. The first kappa shape index (κ1) is 12.5. The fourth-order valence-corrected chi connectivity index (χ4v) is 1.75. The van der Waals surface area contributed by atoms with Crippen molar-refractivity contribution in [2.24, 2.45) is 0 Å². The van der Waals surface area contributed by atoms with Gasteiger partial charge in [-0.2, -0.15) is 0 Å². The van der Waals surface area contributed by atoms with Crippen LogP contribution < -0.4 is 5.32 Å². The van der Waals surface area contributed by atoms with Gasteiger partial charge in [0.05, 0.1) is 6.54 Å². The van der Waals surface area contributed by atoms with Gasteiger partial charge in [-0.1, -0.05) is 36.3 Å². The Morgan fingerprint density at radius 2 is 2.19 bits per heavy atom. The minimum Gasteiger partial charge on any atom is -0.306 e. The van der Waals surface area contributed by atoms with E-state index in [9.17, 15) is 0 Å². The lowest BCUT2D eigenvalue weighted by atomic mass is 9.98. The smallest absolute Gasteiger partial charge is 0.0573 e. The summed E-state index contributed by atoms with van der Waals surface area (Å²) in [7, 11) is 0. The third kappa shape index (κ3) is 3.56. The normalized spacial score (nSPS) is 11.2. The van der Waals surface area contributed by atoms with Crippen LogP contribution in [-0.2, 0) is 0 Å². The van der Waals surface area contributed by atoms with Crippen molar-refractivity contribution in [1.82, 2.24) is 5.32 Å². The predicted molar refractivity (Wildman–Crippen MR) is 71.1 cm³/mol. The van der Waals surface area contributed by atoms with E-state index in [1.165, 1.54) is 16.7 Å². The van der Waals surface area contributed by atoms with Crippen molar-refractivity contribution >= 4 is 5.57 Å². The molecule has 0 bridgehead atoms. The molecule has 1 N–H and O–H groups in total. The molecule has 0 aromatic heterocycles. The molecule has 0 spiro atoms. The molecule has 0 saturated heterocycles. The number of aryl methyl sites for hydroxylation is 1. The molecule has 1 nitrogen and oxygen atoms in total. The SMILES string of the molecule is C#CCNCC/C(=C/C)c1ccccc1C. The second kappa shape index (κ2) is 6.87. The van der Waals surface area contributed by atoms with E-state index in [2.05, 4.69) is 55.4 Å². The van der Waals surface area contributed by atoms with Gasteiger partial charge in [-0.15, -0.1) is 6.42 Å². The highest BCUT2D eigenvalue weighted by Crippen LogP contribution is 2.20. The van der Waals surface area contributed by atoms with E-state index in [1.54, 1.807) is 0 Å². The lowest BCUT2D eigenvalue weighted by molar-refractivity contribution is 0.772. The zero-order valence-electron chi connectivity index (χ0n) is 10.1. The molecule has 0 amide bonds. The molecule has 1 rings (SSSR count). The lowest BCUT2D eigenvalue weighted by Gasteiger charge is -2.10. The van der Waals surface area contributed by atoms with Crippen LogP contribution in [0.1, 0.15) is 24.5 Å². The predicted octanol–water partition coefficient (Wildman–Crippen LogP) is 3.01. The van der Waals surface area contributed by atoms with Crippen molar-refractivity contribution < 1.29 is 0 Å². The Balaban J connectivity index is 2.63. The zero-order chi connectivity index (χ0) is 11.8. The Labute approximate surface area is 98.6 Å². The first-order valence-corrected chi connectivity index (χ1v) is 5.65. The Kier molecular flexibility index (Phi) is 5.39. The quantitative estimate of drug-likeness (QED) is 0.585. The maximum absolute atomic E-state index is 5.19. The summed E-state index contributed by atoms with van der Waals surface area (Å²) in [6.45, 7) is 5.81. The number of terminal acetylenes is 1. The van der Waals surface area contributed by atoms with E-state index in [1.807, 2.05) is 0 Å². The molecular weight excluding hydrogens is 194 g/mol. The van der Waals surface area contributed by atoms with Crippen LogP contribution in [0.25, 0.3) is 5.57 Å². The highest BCUT2D eigenvalue weighted by atomic mass is 14.8. The van der Waals surface area contributed by atoms with Crippen LogP contribution in [0, 0.1) is 19.3 Å². The van der Waals surface area contributed by atoms with Crippen molar-refractivity contribution in [2.75, 3.05) is 13.1 Å². The van der Waals surface area contributed by atoms with Gasteiger partial charge in [0.1, 0.15) is 0 Å². The minimum absolute atomic E-state index is 0.644. The van der Waals surface area contributed by atoms with Crippen molar-refractivity contribution in [1.29, 1.82) is 0 Å². The number of benzene rings is 1. The van der Waals surface area contributed by atoms with Gasteiger partial charge in [0.25, 0.3) is 0 Å². The van der Waals surface area contributed by atoms with Crippen LogP contribution in [0.2, 0.25) is 0 Å². The lowest BCUT2D eigenvalue weighted by Crippen LogP contribution is -2.15. The number of hydrogen-bond donors (Lipinski definition) is 1. The molecule has 0 unspecified atom stereocenters. The maximum atomic E-state index is 5.19. The molecule has 0 heterocycles. The Hall–Kier alpha value is -1.52. The second-order valence-corrected chi connectivity index (χ2v) is 3.76. The average molecular weight is 213 g/mol. The van der Waals surface area contributed by atoms with Crippen LogP contribution in [0.5, 0.6) is 0 Å². The van der Waals surface area contributed by atoms with Crippen LogP contribution in [0.15, 0.2) is 30.3 Å². The summed E-state index contributed by atoms with van der Waals surface area (Å²) in [4.78, 5) is 0. The Morgan fingerprint density at radius 1 is 1.44 bits per heavy atom. The summed E-state index contributed by atoms with van der Waals surface area (Å²) < 4.78 is 0. The monoisotopic (exact) mass is 213 g/mol. The summed E-state index contributed by atoms with van der Waals surface area (Å²) in [5, 5.41) is 3.21. The molecular formula is C15H19N. The fourth-order valence-electron chi connectivity index (χ4n) is 1.75. The van der Waals surface area contributed by atoms with Gasteiger partial charge in [-0.05, 0) is 37.0 Å². The van der Waals surface area contributed by atoms with E-state index in [-0.39, 0.29) is 0 Å².